The second-order valence-electron chi connectivity index (χ2n) is 11.2. The largest absolute Gasteiger partial charge is 0.468 e. The molecule has 0 aliphatic rings. The number of rotatable bonds is 30. The van der Waals surface area contributed by atoms with E-state index in [9.17, 15) is 79.0 Å². The van der Waals surface area contributed by atoms with Gasteiger partial charge in [0.15, 0.2) is 141 Å². The predicted octanol–water partition coefficient (Wildman–Crippen LogP) is 14.5. The number of hydrogen-bond donors (Lipinski definition) is 6. The Morgan fingerprint density at radius 1 is 0.312 bits per heavy atom. The van der Waals surface area contributed by atoms with Crippen LogP contribution >= 0.6 is 142 Å². The molecule has 0 heterocycles. The van der Waals surface area contributed by atoms with Crippen LogP contribution in [0.1, 0.15) is 0 Å². The quantitative estimate of drug-likeness (QED) is 0.0302. The molecular formula is C18H30Cl9F18N7O6P6+6. The van der Waals surface area contributed by atoms with Crippen molar-refractivity contribution in [2.24, 2.45) is 0 Å². The van der Waals surface area contributed by atoms with E-state index in [4.69, 9.17) is 101 Å². The molecule has 0 rings (SSSR count). The average molecular weight is 1290 g/mol. The molecule has 0 radical (unpaired) electrons. The summed E-state index contributed by atoms with van der Waals surface area (Å²) in [5, 5.41) is 6.09. The van der Waals surface area contributed by atoms with Crippen LogP contribution in [0.2, 0.25) is 0 Å². The summed E-state index contributed by atoms with van der Waals surface area (Å²) in [6, 6.07) is 0. The van der Waals surface area contributed by atoms with Crippen LogP contribution in [-0.2, 0) is 27.1 Å². The van der Waals surface area contributed by atoms with Crippen molar-refractivity contribution in [1.82, 2.24) is 34.7 Å². The van der Waals surface area contributed by atoms with Gasteiger partial charge in [-0.25, -0.2) is 0 Å². The maximum absolute atomic E-state index is 13.2. The SMILES string of the molecule is FC(F)(F)CO[P+](NCCN(CCN[P+](N[P+](Cl)(Cl)Cl)(OCC(F)(F)F)OCC(F)(F)F)CCN[P+](N[P+](Cl)(Cl)Cl)(OCC(F)(F)F)OCC(F)(F)F)(N[P+](Cl)(Cl)Cl)OCC(F)(F)F. The monoisotopic (exact) mass is 1280 g/mol. The zero-order valence-electron chi connectivity index (χ0n) is 30.3. The van der Waals surface area contributed by atoms with Gasteiger partial charge in [0.05, 0.1) is 0 Å². The maximum atomic E-state index is 13.2. The highest BCUT2D eigenvalue weighted by Crippen LogP contribution is 2.80. The fourth-order valence-electron chi connectivity index (χ4n) is 3.50. The Bertz CT molecular complexity index is 1160. The van der Waals surface area contributed by atoms with E-state index < -0.39 is 156 Å². The Labute approximate surface area is 396 Å². The minimum atomic E-state index is -5.28. The van der Waals surface area contributed by atoms with E-state index in [2.05, 4.69) is 27.1 Å². The van der Waals surface area contributed by atoms with E-state index >= 15 is 0 Å². The van der Waals surface area contributed by atoms with E-state index in [1.807, 2.05) is 15.3 Å². The fourth-order valence-corrected chi connectivity index (χ4v) is 21.3. The number of hydrogen-bond acceptors (Lipinski definition) is 13. The summed E-state index contributed by atoms with van der Waals surface area (Å²) in [6.45, 7) is -19.5. The van der Waals surface area contributed by atoms with E-state index in [0.29, 0.717) is 0 Å². The van der Waals surface area contributed by atoms with Gasteiger partial charge in [-0.05, 0) is 0 Å². The first kappa shape index (κ1) is 67.4. The molecule has 64 heavy (non-hydrogen) atoms. The van der Waals surface area contributed by atoms with Gasteiger partial charge in [-0.3, -0.25) is 4.90 Å². The van der Waals surface area contributed by atoms with Gasteiger partial charge in [-0.15, -0.1) is 15.3 Å². The Balaban J connectivity index is 7.16. The van der Waals surface area contributed by atoms with Crippen molar-refractivity contribution in [3.05, 3.63) is 0 Å². The van der Waals surface area contributed by atoms with E-state index in [1.54, 1.807) is 14.6 Å². The lowest BCUT2D eigenvalue weighted by atomic mass is 10.4. The Morgan fingerprint density at radius 2 is 0.469 bits per heavy atom. The summed E-state index contributed by atoms with van der Waals surface area (Å²) in [6.07, 6.45) is -31.7. The Hall–Kier alpha value is 3.41. The molecule has 0 aliphatic heterocycles. The molecule has 0 aromatic carbocycles. The van der Waals surface area contributed by atoms with Crippen LogP contribution in [-0.4, -0.2) is 121 Å². The standard InChI is InChI=1S/C18H30Cl9F18N7O6P6/c19-59(20,21)49-62(53-7-13(28,29)30,54-8-14(31,32)33)46-1-4-52(5-2-47-63(50-60(22,23)24,55-9-15(34,35)36)56-10-16(37,38)39)6-3-48-64(51-61(25,26)27,57-11-17(40,41)42)58-12-18(43,44)45/h46-51H,1-12H2/q+6. The molecule has 46 heteroatoms. The normalized spacial score (nSPS) is 15.2. The number of nitrogens with one attached hydrogen (secondary N) is 6. The van der Waals surface area contributed by atoms with Crippen LogP contribution in [0, 0.1) is 0 Å². The van der Waals surface area contributed by atoms with Gasteiger partial charge < -0.3 is 0 Å². The Morgan fingerprint density at radius 3 is 0.594 bits per heavy atom. The molecule has 0 spiro atoms. The molecule has 0 fully saturated rings. The van der Waals surface area contributed by atoms with Crippen molar-refractivity contribution in [1.29, 1.82) is 0 Å². The van der Waals surface area contributed by atoms with Gasteiger partial charge in [0.25, 0.3) is 0 Å². The van der Waals surface area contributed by atoms with Gasteiger partial charge in [0.1, 0.15) is 0 Å². The molecule has 386 valence electrons. The van der Waals surface area contributed by atoms with Gasteiger partial charge in [-0.2, -0.15) is 106 Å². The van der Waals surface area contributed by atoms with E-state index in [0.717, 1.165) is 4.90 Å². The second kappa shape index (κ2) is 27.1. The first-order chi connectivity index (χ1) is 28.1. The lowest BCUT2D eigenvalue weighted by Gasteiger charge is -2.28. The van der Waals surface area contributed by atoms with Gasteiger partial charge in [-0.1, -0.05) is 0 Å². The molecule has 6 N–H and O–H groups in total. The molecule has 0 saturated heterocycles. The highest BCUT2D eigenvalue weighted by Gasteiger charge is 2.62. The van der Waals surface area contributed by atoms with Crippen LogP contribution in [0.3, 0.4) is 0 Å². The zero-order valence-corrected chi connectivity index (χ0v) is 42.4. The number of halogens is 27. The summed E-state index contributed by atoms with van der Waals surface area (Å²) < 4.78 is 265. The summed E-state index contributed by atoms with van der Waals surface area (Å²) in [4.78, 5) is 6.19. The minimum absolute atomic E-state index is 0.817. The van der Waals surface area contributed by atoms with Crippen LogP contribution in [0.25, 0.3) is 0 Å². The van der Waals surface area contributed by atoms with E-state index in [-0.39, 0.29) is 0 Å². The molecule has 0 bridgehead atoms. The van der Waals surface area contributed by atoms with Gasteiger partial charge in [0.2, 0.25) is 0 Å². The molecule has 13 nitrogen and oxygen atoms in total. The van der Waals surface area contributed by atoms with Crippen molar-refractivity contribution >= 4 is 142 Å². The lowest BCUT2D eigenvalue weighted by molar-refractivity contribution is -0.166. The maximum Gasteiger partial charge on any atom is 0.468 e. The predicted molar refractivity (Wildman–Crippen MR) is 216 cm³/mol. The van der Waals surface area contributed by atoms with Crippen molar-refractivity contribution in [3.8, 4) is 0 Å². The van der Waals surface area contributed by atoms with Crippen LogP contribution < -0.4 is 29.8 Å². The van der Waals surface area contributed by atoms with Crippen molar-refractivity contribution < 1.29 is 106 Å². The first-order valence-electron chi connectivity index (χ1n) is 15.4. The molecule has 0 amide bonds. The van der Waals surface area contributed by atoms with Crippen molar-refractivity contribution in [2.75, 3.05) is 78.9 Å². The summed E-state index contributed by atoms with van der Waals surface area (Å²) in [5.41, 5.74) is -12.8. The van der Waals surface area contributed by atoms with Crippen molar-refractivity contribution in [2.45, 2.75) is 37.1 Å². The van der Waals surface area contributed by atoms with Gasteiger partial charge in [0, 0.05) is 53.8 Å². The zero-order chi connectivity index (χ0) is 50.5. The van der Waals surface area contributed by atoms with Crippen molar-refractivity contribution in [3.63, 3.8) is 0 Å². The molecule has 0 aromatic rings. The summed E-state index contributed by atoms with van der Waals surface area (Å²) in [7, 11) is -15.2. The van der Waals surface area contributed by atoms with Crippen LogP contribution in [0.5, 0.6) is 0 Å². The molecule has 0 aliphatic carbocycles. The third kappa shape index (κ3) is 38.1. The van der Waals surface area contributed by atoms with Crippen LogP contribution in [0.15, 0.2) is 0 Å². The highest BCUT2D eigenvalue weighted by atomic mass is 36.1. The van der Waals surface area contributed by atoms with E-state index in [1.165, 1.54) is 0 Å². The van der Waals surface area contributed by atoms with Crippen LogP contribution in [0.4, 0.5) is 79.0 Å². The molecule has 0 aromatic heterocycles. The third-order valence-corrected chi connectivity index (χ3v) is 22.3. The molecular weight excluding hydrogens is 1260 g/mol. The smallest absolute Gasteiger partial charge is 0.299 e. The van der Waals surface area contributed by atoms with Gasteiger partial charge >= 0.3 is 77.5 Å². The fraction of sp³-hybridized carbons (Fsp3) is 1.00. The molecule has 0 unspecified atom stereocenters. The highest BCUT2D eigenvalue weighted by molar-refractivity contribution is 8.34. The molecule has 0 atom stereocenters. The average Bonchev–Trinajstić information content (AvgIpc) is 3.02. The summed E-state index contributed by atoms with van der Waals surface area (Å²) >= 11 is 51.0. The first-order valence-corrected chi connectivity index (χ1v) is 33.8. The topological polar surface area (TPSA) is 131 Å². The summed E-state index contributed by atoms with van der Waals surface area (Å²) in [5.74, 6) is 0. The number of nitrogens with zero attached hydrogens (tertiary/aromatic N) is 1. The Kier molecular flexibility index (Phi) is 28.5. The second-order valence-corrected chi connectivity index (χ2v) is 40.4. The third-order valence-electron chi connectivity index (χ3n) is 5.44. The molecule has 0 saturated carbocycles. The lowest BCUT2D eigenvalue weighted by Crippen LogP contribution is -2.44. The number of alkyl halides is 18. The minimum Gasteiger partial charge on any atom is -0.299 e.